The lowest BCUT2D eigenvalue weighted by molar-refractivity contribution is -0.137. The Morgan fingerprint density at radius 3 is 2.63 bits per heavy atom. The number of nitrogens with zero attached hydrogens (tertiary/aromatic N) is 2. The first kappa shape index (κ1) is 22.0. The van der Waals surface area contributed by atoms with Gasteiger partial charge in [-0.2, -0.15) is 13.2 Å². The summed E-state index contributed by atoms with van der Waals surface area (Å²) in [6.45, 7) is 5.19. The molecule has 3 rings (SSSR count). The van der Waals surface area contributed by atoms with Crippen LogP contribution in [0.25, 0.3) is 11.0 Å². The summed E-state index contributed by atoms with van der Waals surface area (Å²) >= 11 is 0. The van der Waals surface area contributed by atoms with Crippen molar-refractivity contribution in [1.29, 1.82) is 0 Å². The summed E-state index contributed by atoms with van der Waals surface area (Å²) < 4.78 is 68.8. The molecule has 7 nitrogen and oxygen atoms in total. The number of carbonyl (C=O) groups is 1. The number of halogens is 3. The van der Waals surface area contributed by atoms with E-state index in [1.807, 2.05) is 0 Å². The highest BCUT2D eigenvalue weighted by atomic mass is 32.2. The number of benzene rings is 1. The van der Waals surface area contributed by atoms with Crippen LogP contribution in [0, 0.1) is 0 Å². The number of aryl methyl sites for hydroxylation is 1. The molecular formula is C19H21F3N4O3S. The van der Waals surface area contributed by atoms with Gasteiger partial charge >= 0.3 is 6.18 Å². The molecule has 1 aliphatic rings. The average Bonchev–Trinajstić information content (AvgIpc) is 2.94. The molecule has 11 heteroatoms. The maximum Gasteiger partial charge on any atom is 0.416 e. The number of imidazole rings is 1. The van der Waals surface area contributed by atoms with E-state index in [9.17, 15) is 26.4 Å². The minimum Gasteiger partial charge on any atom is -0.380 e. The van der Waals surface area contributed by atoms with Crippen LogP contribution in [-0.4, -0.2) is 29.8 Å². The van der Waals surface area contributed by atoms with Crippen molar-refractivity contribution in [1.82, 2.24) is 19.6 Å². The Balaban J connectivity index is 1.96. The van der Waals surface area contributed by atoms with Crippen LogP contribution in [0.2, 0.25) is 0 Å². The number of alkyl halides is 3. The number of ketones is 1. The summed E-state index contributed by atoms with van der Waals surface area (Å²) in [5.41, 5.74) is -0.202. The minimum atomic E-state index is -4.50. The van der Waals surface area contributed by atoms with Crippen LogP contribution in [0.15, 0.2) is 41.5 Å². The van der Waals surface area contributed by atoms with Gasteiger partial charge in [0.2, 0.25) is 10.0 Å². The number of aromatic nitrogens is 2. The van der Waals surface area contributed by atoms with Crippen LogP contribution in [0.3, 0.4) is 0 Å². The molecule has 2 atom stereocenters. The van der Waals surface area contributed by atoms with Crippen molar-refractivity contribution < 1.29 is 26.4 Å². The van der Waals surface area contributed by atoms with Crippen molar-refractivity contribution in [2.45, 2.75) is 45.6 Å². The van der Waals surface area contributed by atoms with E-state index < -0.39 is 33.8 Å². The second-order valence-corrected chi connectivity index (χ2v) is 8.64. The third-order valence-corrected chi connectivity index (χ3v) is 6.30. The quantitative estimate of drug-likeness (QED) is 0.743. The SMILES string of the molecule is CCn1c(C(C)NS(=O)(=O)C2=CN[C@@H](C)C(=O)C=C2)nc2ccc(C(F)(F)F)cc21. The predicted molar refractivity (Wildman–Crippen MR) is 106 cm³/mol. The van der Waals surface area contributed by atoms with Gasteiger partial charge in [-0.1, -0.05) is 0 Å². The van der Waals surface area contributed by atoms with E-state index in [0.717, 1.165) is 12.1 Å². The molecule has 2 aromatic rings. The summed E-state index contributed by atoms with van der Waals surface area (Å²) in [7, 11) is -4.02. The molecule has 0 bridgehead atoms. The zero-order valence-corrected chi connectivity index (χ0v) is 17.3. The molecule has 0 radical (unpaired) electrons. The highest BCUT2D eigenvalue weighted by Crippen LogP contribution is 2.32. The zero-order valence-electron chi connectivity index (χ0n) is 16.5. The van der Waals surface area contributed by atoms with Gasteiger partial charge in [-0.15, -0.1) is 0 Å². The maximum absolute atomic E-state index is 13.1. The summed E-state index contributed by atoms with van der Waals surface area (Å²) in [6, 6.07) is 1.83. The molecule has 1 aromatic heterocycles. The third kappa shape index (κ3) is 4.26. The van der Waals surface area contributed by atoms with Crippen LogP contribution in [-0.2, 0) is 27.5 Å². The third-order valence-electron chi connectivity index (χ3n) is 4.77. The number of fused-ring (bicyclic) bond motifs is 1. The fourth-order valence-corrected chi connectivity index (χ4v) is 4.32. The van der Waals surface area contributed by atoms with Gasteiger partial charge in [-0.25, -0.2) is 18.1 Å². The maximum atomic E-state index is 13.1. The van der Waals surface area contributed by atoms with Gasteiger partial charge in [0, 0.05) is 12.7 Å². The fraction of sp³-hybridized carbons (Fsp3) is 0.368. The van der Waals surface area contributed by atoms with E-state index in [1.54, 1.807) is 25.3 Å². The van der Waals surface area contributed by atoms with Crippen molar-refractivity contribution in [2.75, 3.05) is 0 Å². The monoisotopic (exact) mass is 442 g/mol. The summed E-state index contributed by atoms with van der Waals surface area (Å²) in [5.74, 6) is 0.0174. The predicted octanol–water partition coefficient (Wildman–Crippen LogP) is 3.01. The molecule has 0 amide bonds. The smallest absolute Gasteiger partial charge is 0.380 e. The lowest BCUT2D eigenvalue weighted by atomic mass is 10.2. The molecule has 0 fully saturated rings. The molecule has 30 heavy (non-hydrogen) atoms. The molecule has 0 saturated carbocycles. The molecule has 2 heterocycles. The topological polar surface area (TPSA) is 93.1 Å². The van der Waals surface area contributed by atoms with E-state index in [0.29, 0.717) is 12.1 Å². The van der Waals surface area contributed by atoms with Crippen molar-refractivity contribution in [3.63, 3.8) is 0 Å². The van der Waals surface area contributed by atoms with E-state index >= 15 is 0 Å². The van der Waals surface area contributed by atoms with Gasteiger partial charge in [-0.05, 0) is 51.1 Å². The zero-order chi connectivity index (χ0) is 22.3. The minimum absolute atomic E-state index is 0.134. The van der Waals surface area contributed by atoms with E-state index in [2.05, 4.69) is 15.0 Å². The van der Waals surface area contributed by atoms with Gasteiger partial charge in [0.25, 0.3) is 0 Å². The van der Waals surface area contributed by atoms with Crippen LogP contribution in [0.1, 0.15) is 38.2 Å². The van der Waals surface area contributed by atoms with Gasteiger partial charge in [0.1, 0.15) is 5.82 Å². The van der Waals surface area contributed by atoms with Crippen LogP contribution in [0.4, 0.5) is 13.2 Å². The number of hydrogen-bond acceptors (Lipinski definition) is 5. The fourth-order valence-electron chi connectivity index (χ4n) is 3.15. The molecule has 2 N–H and O–H groups in total. The molecule has 1 aromatic carbocycles. The Labute approximate surface area is 171 Å². The van der Waals surface area contributed by atoms with Crippen LogP contribution < -0.4 is 10.0 Å². The number of carbonyl (C=O) groups excluding carboxylic acids is 1. The normalized spacial score (nSPS) is 18.8. The lowest BCUT2D eigenvalue weighted by Gasteiger charge is -2.16. The molecule has 0 saturated heterocycles. The Bertz CT molecular complexity index is 1150. The Hall–Kier alpha value is -2.66. The van der Waals surface area contributed by atoms with E-state index in [1.165, 1.54) is 24.4 Å². The summed E-state index contributed by atoms with van der Waals surface area (Å²) in [5, 5.41) is 2.71. The first-order valence-corrected chi connectivity index (χ1v) is 10.7. The van der Waals surface area contributed by atoms with Gasteiger partial charge in [0.15, 0.2) is 5.78 Å². The number of rotatable bonds is 5. The van der Waals surface area contributed by atoms with E-state index in [-0.39, 0.29) is 22.0 Å². The first-order valence-electron chi connectivity index (χ1n) is 9.22. The Morgan fingerprint density at radius 2 is 2.00 bits per heavy atom. The van der Waals surface area contributed by atoms with Crippen molar-refractivity contribution in [3.8, 4) is 0 Å². The average molecular weight is 442 g/mol. The molecule has 1 aliphatic heterocycles. The van der Waals surface area contributed by atoms with Crippen molar-refractivity contribution in [2.24, 2.45) is 0 Å². The second-order valence-electron chi connectivity index (χ2n) is 6.93. The standard InChI is InChI=1S/C19H21F3N4O3S/c1-4-26-16-9-13(19(20,21)22)5-7-15(16)24-18(26)12(3)25-30(28,29)14-6-8-17(27)11(2)23-10-14/h5-12,23,25H,4H2,1-3H3/t11-,12?/m0/s1. The van der Waals surface area contributed by atoms with Crippen molar-refractivity contribution in [3.05, 3.63) is 52.8 Å². The van der Waals surface area contributed by atoms with Crippen LogP contribution in [0.5, 0.6) is 0 Å². The van der Waals surface area contributed by atoms with Gasteiger partial charge < -0.3 is 9.88 Å². The second kappa shape index (κ2) is 7.88. The van der Waals surface area contributed by atoms with Gasteiger partial charge in [0.05, 0.1) is 33.6 Å². The summed E-state index contributed by atoms with van der Waals surface area (Å²) in [6.07, 6.45) is -0.879. The van der Waals surface area contributed by atoms with E-state index in [4.69, 9.17) is 0 Å². The summed E-state index contributed by atoms with van der Waals surface area (Å²) in [4.78, 5) is 15.9. The first-order chi connectivity index (χ1) is 13.9. The van der Waals surface area contributed by atoms with Gasteiger partial charge in [-0.3, -0.25) is 4.79 Å². The Morgan fingerprint density at radius 1 is 1.30 bits per heavy atom. The van der Waals surface area contributed by atoms with Crippen molar-refractivity contribution >= 4 is 26.8 Å². The number of allylic oxidation sites excluding steroid dienone is 1. The highest BCUT2D eigenvalue weighted by molar-refractivity contribution is 7.93. The highest BCUT2D eigenvalue weighted by Gasteiger charge is 2.32. The molecular weight excluding hydrogens is 421 g/mol. The molecule has 0 aliphatic carbocycles. The van der Waals surface area contributed by atoms with Crippen LogP contribution >= 0.6 is 0 Å². The lowest BCUT2D eigenvalue weighted by Crippen LogP contribution is -2.31. The Kier molecular flexibility index (Phi) is 5.79. The molecule has 0 spiro atoms. The molecule has 1 unspecified atom stereocenters. The number of sulfonamides is 1. The number of nitrogens with one attached hydrogen (secondary N) is 2. The molecule has 162 valence electrons. The number of hydrogen-bond donors (Lipinski definition) is 2. The largest absolute Gasteiger partial charge is 0.416 e.